The van der Waals surface area contributed by atoms with E-state index in [0.29, 0.717) is 0 Å². The van der Waals surface area contributed by atoms with Crippen LogP contribution in [-0.4, -0.2) is 29.6 Å². The molecule has 0 amide bonds. The molecule has 0 bridgehead atoms. The molecule has 1 aliphatic heterocycles. The molecule has 0 aliphatic carbocycles. The third kappa shape index (κ3) is 3.56. The van der Waals surface area contributed by atoms with Gasteiger partial charge in [-0.3, -0.25) is 0 Å². The van der Waals surface area contributed by atoms with E-state index in [9.17, 15) is 5.11 Å². The number of rotatable bonds is 4. The number of benzene rings is 1. The van der Waals surface area contributed by atoms with Gasteiger partial charge in [0.05, 0.1) is 6.10 Å². The first kappa shape index (κ1) is 13.6. The number of aryl methyl sites for hydroxylation is 1. The summed E-state index contributed by atoms with van der Waals surface area (Å²) in [6, 6.07) is 8.37. The van der Waals surface area contributed by atoms with Crippen LogP contribution in [0.1, 0.15) is 43.9 Å². The molecule has 2 nitrogen and oxygen atoms in total. The maximum Gasteiger partial charge on any atom is 0.0916 e. The fourth-order valence-corrected chi connectivity index (χ4v) is 2.57. The molecule has 1 N–H and O–H groups in total. The van der Waals surface area contributed by atoms with E-state index in [1.807, 2.05) is 0 Å². The molecule has 2 rings (SSSR count). The van der Waals surface area contributed by atoms with Crippen LogP contribution in [0.15, 0.2) is 24.3 Å². The van der Waals surface area contributed by atoms with Crippen LogP contribution >= 0.6 is 0 Å². The Morgan fingerprint density at radius 1 is 1.22 bits per heavy atom. The summed E-state index contributed by atoms with van der Waals surface area (Å²) in [5.41, 5.74) is 2.38. The van der Waals surface area contributed by atoms with E-state index in [1.54, 1.807) is 0 Å². The number of hydrogen-bond acceptors (Lipinski definition) is 2. The van der Waals surface area contributed by atoms with Crippen molar-refractivity contribution in [3.63, 3.8) is 0 Å². The van der Waals surface area contributed by atoms with Gasteiger partial charge in [-0.2, -0.15) is 0 Å². The maximum absolute atomic E-state index is 10.3. The van der Waals surface area contributed by atoms with Crippen LogP contribution in [0.25, 0.3) is 0 Å². The minimum Gasteiger partial charge on any atom is -0.387 e. The van der Waals surface area contributed by atoms with Crippen LogP contribution in [0.5, 0.6) is 0 Å². The molecule has 0 spiro atoms. The highest BCUT2D eigenvalue weighted by atomic mass is 16.3. The van der Waals surface area contributed by atoms with E-state index in [2.05, 4.69) is 43.0 Å². The molecule has 1 saturated heterocycles. The van der Waals surface area contributed by atoms with Crippen LogP contribution in [-0.2, 0) is 6.42 Å². The Bertz CT molecular complexity index is 352. The fourth-order valence-electron chi connectivity index (χ4n) is 2.57. The van der Waals surface area contributed by atoms with E-state index in [-0.39, 0.29) is 6.10 Å². The topological polar surface area (TPSA) is 23.5 Å². The van der Waals surface area contributed by atoms with E-state index in [1.165, 1.54) is 18.4 Å². The molecule has 1 unspecified atom stereocenters. The highest BCUT2D eigenvalue weighted by Crippen LogP contribution is 2.20. The average molecular weight is 247 g/mol. The lowest BCUT2D eigenvalue weighted by Crippen LogP contribution is -2.35. The summed E-state index contributed by atoms with van der Waals surface area (Å²) in [5.74, 6) is 0.849. The van der Waals surface area contributed by atoms with Crippen LogP contribution in [0.3, 0.4) is 0 Å². The molecule has 100 valence electrons. The van der Waals surface area contributed by atoms with Crippen LogP contribution in [0, 0.1) is 5.92 Å². The number of β-amino-alcohol motifs (C(OH)–C–C–N with tert-alkyl or cyclic N) is 1. The second-order valence-electron chi connectivity index (χ2n) is 5.59. The van der Waals surface area contributed by atoms with Crippen LogP contribution in [0.4, 0.5) is 0 Å². The molecular weight excluding hydrogens is 222 g/mol. The zero-order valence-corrected chi connectivity index (χ0v) is 11.6. The van der Waals surface area contributed by atoms with Crippen molar-refractivity contribution in [1.82, 2.24) is 4.90 Å². The van der Waals surface area contributed by atoms with Crippen molar-refractivity contribution in [3.8, 4) is 0 Å². The van der Waals surface area contributed by atoms with Gasteiger partial charge in [-0.1, -0.05) is 38.1 Å². The van der Waals surface area contributed by atoms with Gasteiger partial charge in [-0.25, -0.2) is 0 Å². The Morgan fingerprint density at radius 2 is 1.83 bits per heavy atom. The molecular formula is C16H25NO. The van der Waals surface area contributed by atoms with Crippen molar-refractivity contribution in [2.24, 2.45) is 5.92 Å². The monoisotopic (exact) mass is 247 g/mol. The van der Waals surface area contributed by atoms with Gasteiger partial charge < -0.3 is 10.0 Å². The fraction of sp³-hybridized carbons (Fsp3) is 0.625. The quantitative estimate of drug-likeness (QED) is 0.884. The van der Waals surface area contributed by atoms with Crippen molar-refractivity contribution in [3.05, 3.63) is 35.4 Å². The highest BCUT2D eigenvalue weighted by molar-refractivity contribution is 5.24. The summed E-state index contributed by atoms with van der Waals surface area (Å²) >= 11 is 0. The molecule has 1 aromatic rings. The Hall–Kier alpha value is -0.860. The van der Waals surface area contributed by atoms with Crippen molar-refractivity contribution < 1.29 is 5.11 Å². The number of likely N-dealkylation sites (tertiary alicyclic amines) is 1. The summed E-state index contributed by atoms with van der Waals surface area (Å²) in [7, 11) is 0. The van der Waals surface area contributed by atoms with Gasteiger partial charge in [0.25, 0.3) is 0 Å². The smallest absolute Gasteiger partial charge is 0.0916 e. The van der Waals surface area contributed by atoms with E-state index in [4.69, 9.17) is 0 Å². The highest BCUT2D eigenvalue weighted by Gasteiger charge is 2.18. The number of nitrogens with zero attached hydrogens (tertiary/aromatic N) is 1. The Balaban J connectivity index is 1.88. The standard InChI is InChI=1S/C16H25NO/c1-3-14-4-6-15(7-5-14)16(18)12-17-10-8-13(2)9-11-17/h4-7,13,16,18H,3,8-12H2,1-2H3. The molecule has 1 atom stereocenters. The van der Waals surface area contributed by atoms with Crippen molar-refractivity contribution in [2.75, 3.05) is 19.6 Å². The second-order valence-corrected chi connectivity index (χ2v) is 5.59. The van der Waals surface area contributed by atoms with Gasteiger partial charge in [0, 0.05) is 6.54 Å². The van der Waals surface area contributed by atoms with Crippen molar-refractivity contribution in [1.29, 1.82) is 0 Å². The van der Waals surface area contributed by atoms with Gasteiger partial charge in [-0.15, -0.1) is 0 Å². The third-order valence-electron chi connectivity index (χ3n) is 4.08. The van der Waals surface area contributed by atoms with Gasteiger partial charge in [0.1, 0.15) is 0 Å². The number of aliphatic hydroxyl groups is 1. The van der Waals surface area contributed by atoms with Crippen LogP contribution in [0.2, 0.25) is 0 Å². The zero-order chi connectivity index (χ0) is 13.0. The molecule has 0 saturated carbocycles. The lowest BCUT2D eigenvalue weighted by Gasteiger charge is -2.31. The summed E-state index contributed by atoms with van der Waals surface area (Å²) in [4.78, 5) is 2.39. The predicted octanol–water partition coefficient (Wildman–Crippen LogP) is 3.01. The van der Waals surface area contributed by atoms with Gasteiger partial charge in [-0.05, 0) is 49.4 Å². The Labute approximate surface area is 111 Å². The van der Waals surface area contributed by atoms with E-state index < -0.39 is 0 Å². The second kappa shape index (κ2) is 6.35. The summed E-state index contributed by atoms with van der Waals surface area (Å²) in [6.07, 6.45) is 3.24. The summed E-state index contributed by atoms with van der Waals surface area (Å²) in [6.45, 7) is 7.51. The van der Waals surface area contributed by atoms with Crippen molar-refractivity contribution >= 4 is 0 Å². The number of piperidine rings is 1. The Kier molecular flexibility index (Phi) is 4.79. The number of aliphatic hydroxyl groups excluding tert-OH is 1. The van der Waals surface area contributed by atoms with Gasteiger partial charge in [0.2, 0.25) is 0 Å². The molecule has 0 radical (unpaired) electrons. The predicted molar refractivity (Wildman–Crippen MR) is 75.6 cm³/mol. The molecule has 1 heterocycles. The van der Waals surface area contributed by atoms with Crippen LogP contribution < -0.4 is 0 Å². The molecule has 18 heavy (non-hydrogen) atoms. The van der Waals surface area contributed by atoms with Gasteiger partial charge in [0.15, 0.2) is 0 Å². The average Bonchev–Trinajstić information content (AvgIpc) is 2.41. The molecule has 2 heteroatoms. The first-order valence-corrected chi connectivity index (χ1v) is 7.18. The Morgan fingerprint density at radius 3 is 2.39 bits per heavy atom. The van der Waals surface area contributed by atoms with E-state index in [0.717, 1.165) is 37.5 Å². The largest absolute Gasteiger partial charge is 0.387 e. The third-order valence-corrected chi connectivity index (χ3v) is 4.08. The molecule has 1 aromatic carbocycles. The minimum absolute atomic E-state index is 0.343. The minimum atomic E-state index is -0.343. The lowest BCUT2D eigenvalue weighted by atomic mass is 9.98. The molecule has 0 aromatic heterocycles. The number of hydrogen-bond donors (Lipinski definition) is 1. The normalized spacial score (nSPS) is 19.9. The van der Waals surface area contributed by atoms with E-state index >= 15 is 0 Å². The summed E-state index contributed by atoms with van der Waals surface area (Å²) in [5, 5.41) is 10.3. The molecule has 1 fully saturated rings. The zero-order valence-electron chi connectivity index (χ0n) is 11.6. The summed E-state index contributed by atoms with van der Waals surface area (Å²) < 4.78 is 0. The van der Waals surface area contributed by atoms with Gasteiger partial charge >= 0.3 is 0 Å². The van der Waals surface area contributed by atoms with Crippen molar-refractivity contribution in [2.45, 2.75) is 39.2 Å². The maximum atomic E-state index is 10.3. The molecule has 1 aliphatic rings. The lowest BCUT2D eigenvalue weighted by molar-refractivity contribution is 0.0916. The first-order valence-electron chi connectivity index (χ1n) is 7.18. The first-order chi connectivity index (χ1) is 8.69. The SMILES string of the molecule is CCc1ccc(C(O)CN2CCC(C)CC2)cc1.